The van der Waals surface area contributed by atoms with Crippen LogP contribution in [0.1, 0.15) is 78.8 Å². The Labute approximate surface area is 451 Å². The molecule has 0 unspecified atom stereocenters. The summed E-state index contributed by atoms with van der Waals surface area (Å²) in [6.45, 7) is 4.37. The fourth-order valence-electron chi connectivity index (χ4n) is 9.19. The van der Waals surface area contributed by atoms with Crippen LogP contribution in [0.25, 0.3) is 12.2 Å². The summed E-state index contributed by atoms with van der Waals surface area (Å²) in [4.78, 5) is 27.1. The molecule has 4 aliphatic rings. The molecule has 3 heterocycles. The second-order valence-corrected chi connectivity index (χ2v) is 22.2. The Kier molecular flexibility index (Phi) is 20.4. The Morgan fingerprint density at radius 1 is 0.532 bits per heavy atom. The van der Waals surface area contributed by atoms with E-state index in [0.717, 1.165) is 98.6 Å². The van der Waals surface area contributed by atoms with E-state index in [9.17, 15) is 62.3 Å². The van der Waals surface area contributed by atoms with Gasteiger partial charge >= 0.3 is 24.7 Å². The Morgan fingerprint density at radius 3 is 1.29 bits per heavy atom. The third-order valence-electron chi connectivity index (χ3n) is 13.1. The van der Waals surface area contributed by atoms with Crippen LogP contribution in [-0.2, 0) is 43.8 Å². The zero-order valence-electron chi connectivity index (χ0n) is 41.6. The number of nitrogens with one attached hydrogen (secondary N) is 2. The molecule has 4 aromatic rings. The van der Waals surface area contributed by atoms with E-state index in [-0.39, 0.29) is 64.7 Å². The lowest BCUT2D eigenvalue weighted by Crippen LogP contribution is -2.39. The second kappa shape index (κ2) is 26.3. The molecule has 77 heavy (non-hydrogen) atoms. The SMILES string of the molecule is CC1CCC(Nc2cccc(Sc3ccc(/C=C/C(=O)N4CCOCC4)c(C(F)(F)F)c3C(F)(F)F)c2)CC1.O=C(/C=C/c1ccc(Sc2cccc(NC3CCSCC3)c2)c(C(F)(F)F)c1C(F)(F)F)N1CCOCC1. The molecule has 4 aromatic carbocycles. The van der Waals surface area contributed by atoms with E-state index in [4.69, 9.17) is 9.47 Å². The molecule has 418 valence electrons. The molecule has 1 saturated carbocycles. The minimum absolute atomic E-state index is 0.241. The van der Waals surface area contributed by atoms with Crippen molar-refractivity contribution in [3.05, 3.63) is 118 Å². The first kappa shape index (κ1) is 59.7. The van der Waals surface area contributed by atoms with E-state index in [0.29, 0.717) is 50.6 Å². The van der Waals surface area contributed by atoms with Crippen molar-refractivity contribution in [2.45, 2.75) is 102 Å². The molecule has 0 radical (unpaired) electrons. The number of amides is 2. The maximum absolute atomic E-state index is 14.2. The van der Waals surface area contributed by atoms with Crippen LogP contribution >= 0.6 is 35.3 Å². The molecule has 0 spiro atoms. The van der Waals surface area contributed by atoms with Gasteiger partial charge in [0.25, 0.3) is 0 Å². The summed E-state index contributed by atoms with van der Waals surface area (Å²) < 4.78 is 180. The zero-order chi connectivity index (χ0) is 55.5. The molecule has 2 amide bonds. The highest BCUT2D eigenvalue weighted by molar-refractivity contribution is 7.99. The lowest BCUT2D eigenvalue weighted by molar-refractivity contribution is -0.163. The van der Waals surface area contributed by atoms with Gasteiger partial charge in [-0.3, -0.25) is 9.59 Å². The van der Waals surface area contributed by atoms with Crippen LogP contribution in [0.3, 0.4) is 0 Å². The Balaban J connectivity index is 0.000000224. The van der Waals surface area contributed by atoms with Crippen molar-refractivity contribution in [1.29, 1.82) is 0 Å². The highest BCUT2D eigenvalue weighted by Gasteiger charge is 2.48. The van der Waals surface area contributed by atoms with E-state index < -0.39 is 79.7 Å². The molecular weight excluding hydrogens is 1090 g/mol. The monoisotopic (exact) mass is 1150 g/mol. The summed E-state index contributed by atoms with van der Waals surface area (Å²) in [5.74, 6) is 1.51. The van der Waals surface area contributed by atoms with Crippen LogP contribution in [0.4, 0.5) is 64.1 Å². The summed E-state index contributed by atoms with van der Waals surface area (Å²) in [5, 5.41) is 6.77. The van der Waals surface area contributed by atoms with Gasteiger partial charge in [0.1, 0.15) is 0 Å². The molecule has 3 aliphatic heterocycles. The maximum Gasteiger partial charge on any atom is 0.418 e. The Bertz CT molecular complexity index is 2710. The predicted molar refractivity (Wildman–Crippen MR) is 276 cm³/mol. The van der Waals surface area contributed by atoms with E-state index >= 15 is 0 Å². The third kappa shape index (κ3) is 17.0. The number of anilines is 2. The van der Waals surface area contributed by atoms with E-state index in [1.54, 1.807) is 48.5 Å². The average Bonchev–Trinajstić information content (AvgIpc) is 3.40. The lowest BCUT2D eigenvalue weighted by Gasteiger charge is -2.28. The Hall–Kier alpha value is -4.97. The zero-order valence-corrected chi connectivity index (χ0v) is 44.0. The first-order valence-corrected chi connectivity index (χ1v) is 27.6. The number of rotatable bonds is 12. The summed E-state index contributed by atoms with van der Waals surface area (Å²) in [5.41, 5.74) is -7.17. The normalized spacial score (nSPS) is 19.3. The maximum atomic E-state index is 14.2. The quantitative estimate of drug-likeness (QED) is 0.106. The molecule has 1 aliphatic carbocycles. The average molecular weight is 1150 g/mol. The topological polar surface area (TPSA) is 83.1 Å². The minimum atomic E-state index is -5.30. The first-order valence-electron chi connectivity index (χ1n) is 24.8. The fraction of sp³-hybridized carbons (Fsp3) is 0.444. The van der Waals surface area contributed by atoms with Crippen LogP contribution < -0.4 is 10.6 Å². The number of halogens is 12. The summed E-state index contributed by atoms with van der Waals surface area (Å²) in [7, 11) is 0. The van der Waals surface area contributed by atoms with Crippen LogP contribution in [-0.4, -0.2) is 97.8 Å². The van der Waals surface area contributed by atoms with E-state index in [1.807, 2.05) is 11.8 Å². The van der Waals surface area contributed by atoms with Gasteiger partial charge in [-0.1, -0.05) is 54.7 Å². The summed E-state index contributed by atoms with van der Waals surface area (Å²) in [6.07, 6.45) is -11.7. The van der Waals surface area contributed by atoms with Crippen LogP contribution in [0.15, 0.2) is 105 Å². The van der Waals surface area contributed by atoms with Crippen molar-refractivity contribution in [1.82, 2.24) is 9.80 Å². The van der Waals surface area contributed by atoms with Crippen LogP contribution in [0, 0.1) is 5.92 Å². The molecule has 8 rings (SSSR count). The van der Waals surface area contributed by atoms with Crippen molar-refractivity contribution < 1.29 is 71.7 Å². The fourth-order valence-corrected chi connectivity index (χ4v) is 12.4. The molecule has 0 bridgehead atoms. The number of hydrogen-bond donors (Lipinski definition) is 2. The summed E-state index contributed by atoms with van der Waals surface area (Å²) >= 11 is 3.12. The molecule has 23 heteroatoms. The standard InChI is InChI=1S/C28H30F6N2O2S.C26H26F6N2O2S2/c1-18-5-9-20(10-6-18)35-21-3-2-4-22(17-21)39-23-11-7-19(8-12-24(37)36-13-15-38-16-14-36)25(27(29,30)31)26(23)28(32,33)34;27-25(28,29)23-17(5-7-22(35)34-10-12-36-13-11-34)4-6-21(24(23)26(30,31)32)38-20-3-1-2-19(16-20)33-18-8-14-37-15-9-18/h2-4,7-8,11-12,17-18,20,35H,5-6,9-10,13-16H2,1H3;1-7,16,18,33H,8-15H2/b12-8+;7-5+. The van der Waals surface area contributed by atoms with Crippen molar-refractivity contribution in [3.63, 3.8) is 0 Å². The lowest BCUT2D eigenvalue weighted by atomic mass is 9.87. The number of carbonyl (C=O) groups excluding carboxylic acids is 2. The highest BCUT2D eigenvalue weighted by Crippen LogP contribution is 2.50. The van der Waals surface area contributed by atoms with Gasteiger partial charge in [-0.25, -0.2) is 0 Å². The number of carbonyl (C=O) groups is 2. The number of alkyl halides is 12. The molecule has 2 N–H and O–H groups in total. The van der Waals surface area contributed by atoms with Gasteiger partial charge in [0.15, 0.2) is 0 Å². The number of hydrogen-bond acceptors (Lipinski definition) is 9. The van der Waals surface area contributed by atoms with Crippen LogP contribution in [0.2, 0.25) is 0 Å². The van der Waals surface area contributed by atoms with Gasteiger partial charge in [0.05, 0.1) is 48.7 Å². The van der Waals surface area contributed by atoms with E-state index in [2.05, 4.69) is 17.6 Å². The summed E-state index contributed by atoms with van der Waals surface area (Å²) in [6, 6.07) is 17.9. The molecular formula is C54H56F12N4O4S3. The highest BCUT2D eigenvalue weighted by atomic mass is 32.2. The van der Waals surface area contributed by atoms with Gasteiger partial charge in [0.2, 0.25) is 11.8 Å². The predicted octanol–water partition coefficient (Wildman–Crippen LogP) is 14.8. The number of benzene rings is 4. The smallest absolute Gasteiger partial charge is 0.382 e. The molecule has 3 saturated heterocycles. The number of morpholine rings is 2. The van der Waals surface area contributed by atoms with Crippen molar-refractivity contribution in [2.24, 2.45) is 5.92 Å². The molecule has 8 nitrogen and oxygen atoms in total. The first-order chi connectivity index (χ1) is 36.4. The van der Waals surface area contributed by atoms with Gasteiger partial charge < -0.3 is 29.9 Å². The second-order valence-electron chi connectivity index (χ2n) is 18.7. The van der Waals surface area contributed by atoms with Gasteiger partial charge in [-0.2, -0.15) is 64.4 Å². The van der Waals surface area contributed by atoms with Crippen LogP contribution in [0.5, 0.6) is 0 Å². The number of nitrogens with zero attached hydrogens (tertiary/aromatic N) is 2. The minimum Gasteiger partial charge on any atom is -0.382 e. The number of ether oxygens (including phenoxy) is 2. The third-order valence-corrected chi connectivity index (χ3v) is 16.2. The Morgan fingerprint density at radius 2 is 0.909 bits per heavy atom. The van der Waals surface area contributed by atoms with Gasteiger partial charge in [-0.05, 0) is 128 Å². The van der Waals surface area contributed by atoms with E-state index in [1.165, 1.54) is 9.80 Å². The van der Waals surface area contributed by atoms with Crippen molar-refractivity contribution in [3.8, 4) is 0 Å². The van der Waals surface area contributed by atoms with Crippen molar-refractivity contribution >= 4 is 70.6 Å². The van der Waals surface area contributed by atoms with Gasteiger partial charge in [0, 0.05) is 81.4 Å². The molecule has 0 aromatic heterocycles. The van der Waals surface area contributed by atoms with Gasteiger partial charge in [-0.15, -0.1) is 0 Å². The molecule has 4 fully saturated rings. The molecule has 0 atom stereocenters. The van der Waals surface area contributed by atoms with Crippen molar-refractivity contribution in [2.75, 3.05) is 74.7 Å². The largest absolute Gasteiger partial charge is 0.418 e. The number of thioether (sulfide) groups is 1.